The maximum atomic E-state index is 13.1. The molecular formula is C33H40N4O5S. The van der Waals surface area contributed by atoms with Crippen LogP contribution < -0.4 is 15.4 Å². The number of ether oxygens (including phenoxy) is 1. The largest absolute Gasteiger partial charge is 0.487 e. The first-order valence-corrected chi connectivity index (χ1v) is 16.7. The van der Waals surface area contributed by atoms with Crippen LogP contribution in [0.15, 0.2) is 23.6 Å². The van der Waals surface area contributed by atoms with Crippen molar-refractivity contribution in [1.29, 1.82) is 0 Å². The number of nitrogens with zero attached hydrogens (tertiary/aromatic N) is 2. The SMILES string of the molecule is CC(CCC12CC3CC(CC(C3)C1)C2)C(=O)NCc1nc(COc2cccc3c2CN(C2CCC(=O)NC2=O)C3=O)cs1. The van der Waals surface area contributed by atoms with E-state index in [1.165, 1.54) is 61.2 Å². The molecule has 228 valence electrons. The zero-order chi connectivity index (χ0) is 29.7. The molecule has 10 heteroatoms. The van der Waals surface area contributed by atoms with Gasteiger partial charge in [0.05, 0.1) is 18.8 Å². The summed E-state index contributed by atoms with van der Waals surface area (Å²) in [6.07, 6.45) is 11.2. The van der Waals surface area contributed by atoms with Crippen LogP contribution in [0, 0.1) is 29.1 Å². The van der Waals surface area contributed by atoms with Gasteiger partial charge in [0.25, 0.3) is 5.91 Å². The van der Waals surface area contributed by atoms with E-state index in [2.05, 4.69) is 22.5 Å². The molecule has 9 nitrogen and oxygen atoms in total. The fourth-order valence-corrected chi connectivity index (χ4v) is 9.65. The lowest BCUT2D eigenvalue weighted by Gasteiger charge is -2.57. The van der Waals surface area contributed by atoms with Crippen molar-refractivity contribution < 1.29 is 23.9 Å². The first-order valence-electron chi connectivity index (χ1n) is 15.9. The van der Waals surface area contributed by atoms with E-state index < -0.39 is 11.9 Å². The molecule has 2 N–H and O–H groups in total. The summed E-state index contributed by atoms with van der Waals surface area (Å²) in [5.74, 6) is 2.53. The molecule has 1 saturated heterocycles. The number of fused-ring (bicyclic) bond motifs is 1. The van der Waals surface area contributed by atoms with Crippen LogP contribution >= 0.6 is 11.3 Å². The van der Waals surface area contributed by atoms with Crippen molar-refractivity contribution >= 4 is 35.0 Å². The molecule has 2 aliphatic heterocycles. The van der Waals surface area contributed by atoms with E-state index >= 15 is 0 Å². The lowest BCUT2D eigenvalue weighted by atomic mass is 9.48. The van der Waals surface area contributed by atoms with E-state index in [4.69, 9.17) is 4.74 Å². The van der Waals surface area contributed by atoms with Crippen molar-refractivity contribution in [3.63, 3.8) is 0 Å². The molecule has 4 amide bonds. The minimum Gasteiger partial charge on any atom is -0.487 e. The van der Waals surface area contributed by atoms with Crippen LogP contribution in [-0.4, -0.2) is 39.6 Å². The second kappa shape index (κ2) is 11.3. The number of amides is 4. The molecule has 6 aliphatic rings. The van der Waals surface area contributed by atoms with Gasteiger partial charge in [-0.1, -0.05) is 13.0 Å². The third-order valence-corrected chi connectivity index (χ3v) is 11.5. The second-order valence-corrected chi connectivity index (χ2v) is 14.7. The molecule has 0 radical (unpaired) electrons. The molecule has 4 saturated carbocycles. The molecule has 1 aromatic heterocycles. The summed E-state index contributed by atoms with van der Waals surface area (Å²) in [5.41, 5.74) is 2.51. The maximum absolute atomic E-state index is 13.1. The van der Waals surface area contributed by atoms with Crippen molar-refractivity contribution in [1.82, 2.24) is 20.5 Å². The third-order valence-electron chi connectivity index (χ3n) is 10.6. The zero-order valence-corrected chi connectivity index (χ0v) is 25.5. The highest BCUT2D eigenvalue weighted by molar-refractivity contribution is 7.09. The van der Waals surface area contributed by atoms with Crippen LogP contribution in [0.2, 0.25) is 0 Å². The molecular weight excluding hydrogens is 564 g/mol. The first kappa shape index (κ1) is 28.5. The van der Waals surface area contributed by atoms with Crippen LogP contribution in [0.1, 0.15) is 97.8 Å². The molecule has 3 heterocycles. The van der Waals surface area contributed by atoms with E-state index in [0.29, 0.717) is 29.7 Å². The normalized spacial score (nSPS) is 29.9. The van der Waals surface area contributed by atoms with Crippen LogP contribution in [0.4, 0.5) is 0 Å². The highest BCUT2D eigenvalue weighted by Gasteiger charge is 2.50. The van der Waals surface area contributed by atoms with E-state index in [0.717, 1.165) is 40.4 Å². The van der Waals surface area contributed by atoms with E-state index in [-0.39, 0.29) is 43.2 Å². The summed E-state index contributed by atoms with van der Waals surface area (Å²) in [6, 6.07) is 4.66. The van der Waals surface area contributed by atoms with Gasteiger partial charge in [0.2, 0.25) is 17.7 Å². The Bertz CT molecular complexity index is 1420. The summed E-state index contributed by atoms with van der Waals surface area (Å²) < 4.78 is 6.10. The molecule has 2 aromatic rings. The van der Waals surface area contributed by atoms with Crippen molar-refractivity contribution in [2.75, 3.05) is 0 Å². The Balaban J connectivity index is 0.895. The number of aromatic nitrogens is 1. The Morgan fingerprint density at radius 3 is 2.63 bits per heavy atom. The van der Waals surface area contributed by atoms with Crippen LogP contribution in [0.25, 0.3) is 0 Å². The Morgan fingerprint density at radius 1 is 1.16 bits per heavy atom. The minimum absolute atomic E-state index is 0.00149. The summed E-state index contributed by atoms with van der Waals surface area (Å²) in [6.45, 7) is 2.95. The average Bonchev–Trinajstić information content (AvgIpc) is 3.57. The molecule has 5 fully saturated rings. The molecule has 4 aliphatic carbocycles. The lowest BCUT2D eigenvalue weighted by Crippen LogP contribution is -2.52. The number of nitrogens with one attached hydrogen (secondary N) is 2. The fraction of sp³-hybridized carbons (Fsp3) is 0.606. The van der Waals surface area contributed by atoms with Gasteiger partial charge in [0.1, 0.15) is 23.4 Å². The highest BCUT2D eigenvalue weighted by atomic mass is 32.1. The number of hydrogen-bond donors (Lipinski definition) is 2. The number of benzene rings is 1. The van der Waals surface area contributed by atoms with E-state index in [1.54, 1.807) is 12.1 Å². The Labute approximate surface area is 256 Å². The number of thiazole rings is 1. The summed E-state index contributed by atoms with van der Waals surface area (Å²) in [5, 5.41) is 8.19. The molecule has 8 rings (SSSR count). The summed E-state index contributed by atoms with van der Waals surface area (Å²) >= 11 is 1.50. The maximum Gasteiger partial charge on any atom is 0.255 e. The van der Waals surface area contributed by atoms with Gasteiger partial charge in [0.15, 0.2) is 0 Å². The van der Waals surface area contributed by atoms with Gasteiger partial charge in [-0.05, 0) is 93.1 Å². The van der Waals surface area contributed by atoms with Crippen molar-refractivity contribution in [2.24, 2.45) is 29.1 Å². The molecule has 1 aromatic carbocycles. The molecule has 4 bridgehead atoms. The third kappa shape index (κ3) is 5.70. The number of hydrogen-bond acceptors (Lipinski definition) is 7. The fourth-order valence-electron chi connectivity index (χ4n) is 8.93. The smallest absolute Gasteiger partial charge is 0.255 e. The van der Waals surface area contributed by atoms with Gasteiger partial charge >= 0.3 is 0 Å². The average molecular weight is 605 g/mol. The standard InChI is InChI=1S/C33H40N4O5S/c1-19(7-8-33-12-20-9-21(13-33)11-22(10-20)14-33)30(39)34-15-29-35-23(18-43-29)17-42-27-4-2-3-24-25(27)16-37(32(24)41)26-5-6-28(38)36-31(26)40/h2-4,18-22,26H,5-17H2,1H3,(H,34,39)(H,36,38,40). The molecule has 43 heavy (non-hydrogen) atoms. The van der Waals surface area contributed by atoms with Crippen molar-refractivity contribution in [2.45, 2.75) is 96.9 Å². The Kier molecular flexibility index (Phi) is 7.51. The zero-order valence-electron chi connectivity index (χ0n) is 24.7. The van der Waals surface area contributed by atoms with Crippen LogP contribution in [0.3, 0.4) is 0 Å². The van der Waals surface area contributed by atoms with Gasteiger partial charge in [-0.2, -0.15) is 0 Å². The summed E-state index contributed by atoms with van der Waals surface area (Å²) in [4.78, 5) is 56.1. The highest BCUT2D eigenvalue weighted by Crippen LogP contribution is 2.61. The number of carbonyl (C=O) groups is 4. The predicted molar refractivity (Wildman–Crippen MR) is 160 cm³/mol. The Hall–Kier alpha value is -3.27. The Morgan fingerprint density at radius 2 is 1.91 bits per heavy atom. The first-order chi connectivity index (χ1) is 20.7. The summed E-state index contributed by atoms with van der Waals surface area (Å²) in [7, 11) is 0. The van der Waals surface area contributed by atoms with Gasteiger partial charge in [0, 0.05) is 28.8 Å². The van der Waals surface area contributed by atoms with E-state index in [1.807, 2.05) is 11.4 Å². The topological polar surface area (TPSA) is 118 Å². The predicted octanol–water partition coefficient (Wildman–Crippen LogP) is 4.73. The molecule has 2 unspecified atom stereocenters. The van der Waals surface area contributed by atoms with Gasteiger partial charge in [-0.3, -0.25) is 24.5 Å². The number of imide groups is 1. The van der Waals surface area contributed by atoms with Gasteiger partial charge < -0.3 is 15.0 Å². The van der Waals surface area contributed by atoms with Crippen LogP contribution in [-0.2, 0) is 34.1 Å². The number of rotatable bonds is 10. The van der Waals surface area contributed by atoms with Crippen LogP contribution in [0.5, 0.6) is 5.75 Å². The number of carbonyl (C=O) groups excluding carboxylic acids is 4. The second-order valence-electron chi connectivity index (χ2n) is 13.8. The van der Waals surface area contributed by atoms with Gasteiger partial charge in [-0.25, -0.2) is 4.98 Å². The molecule has 2 atom stereocenters. The van der Waals surface area contributed by atoms with E-state index in [9.17, 15) is 19.2 Å². The minimum atomic E-state index is -0.665. The quantitative estimate of drug-likeness (QED) is 0.379. The number of piperidine rings is 1. The van der Waals surface area contributed by atoms with Crippen molar-refractivity contribution in [3.8, 4) is 5.75 Å². The monoisotopic (exact) mass is 604 g/mol. The lowest BCUT2D eigenvalue weighted by molar-refractivity contribution is -0.137. The van der Waals surface area contributed by atoms with Crippen molar-refractivity contribution in [3.05, 3.63) is 45.4 Å². The van der Waals surface area contributed by atoms with Gasteiger partial charge in [-0.15, -0.1) is 11.3 Å². The molecule has 0 spiro atoms.